The van der Waals surface area contributed by atoms with Crippen LogP contribution in [0, 0.1) is 12.8 Å². The van der Waals surface area contributed by atoms with E-state index in [2.05, 4.69) is 40.0 Å². The molecule has 0 saturated carbocycles. The fourth-order valence-corrected chi connectivity index (χ4v) is 3.84. The van der Waals surface area contributed by atoms with E-state index in [9.17, 15) is 0 Å². The number of aliphatic imine (C=N–C) groups is 1. The molecule has 2 aliphatic rings. The van der Waals surface area contributed by atoms with Crippen molar-refractivity contribution in [3.05, 3.63) is 29.8 Å². The summed E-state index contributed by atoms with van der Waals surface area (Å²) >= 11 is 0. The zero-order valence-corrected chi connectivity index (χ0v) is 19.7. The summed E-state index contributed by atoms with van der Waals surface area (Å²) in [7, 11) is 1.87. The lowest BCUT2D eigenvalue weighted by Crippen LogP contribution is -2.44. The van der Waals surface area contributed by atoms with Crippen molar-refractivity contribution in [3.63, 3.8) is 0 Å². The Bertz CT molecular complexity index is 622. The molecule has 2 aliphatic heterocycles. The second-order valence-corrected chi connectivity index (χ2v) is 7.64. The SMILES string of the molecule is CN=C(NCC(C)Oc1ccccc1C)N1CCC(CN2CCOCC2)C1.I. The molecule has 0 bridgehead atoms. The van der Waals surface area contributed by atoms with E-state index in [0.29, 0.717) is 5.92 Å². The summed E-state index contributed by atoms with van der Waals surface area (Å²) in [5, 5.41) is 3.49. The van der Waals surface area contributed by atoms with E-state index < -0.39 is 0 Å². The summed E-state index contributed by atoms with van der Waals surface area (Å²) in [5.41, 5.74) is 1.17. The predicted molar refractivity (Wildman–Crippen MR) is 125 cm³/mol. The average molecular weight is 502 g/mol. The molecular weight excluding hydrogens is 467 g/mol. The molecule has 1 aromatic rings. The van der Waals surface area contributed by atoms with Crippen molar-refractivity contribution in [3.8, 4) is 5.75 Å². The number of aryl methyl sites for hydroxylation is 1. The van der Waals surface area contributed by atoms with Gasteiger partial charge in [0.05, 0.1) is 19.8 Å². The first-order valence-electron chi connectivity index (χ1n) is 10.1. The van der Waals surface area contributed by atoms with Gasteiger partial charge in [-0.2, -0.15) is 0 Å². The molecule has 1 aromatic carbocycles. The van der Waals surface area contributed by atoms with Crippen LogP contribution in [-0.2, 0) is 4.74 Å². The number of likely N-dealkylation sites (tertiary alicyclic amines) is 1. The summed E-state index contributed by atoms with van der Waals surface area (Å²) in [6.45, 7) is 12.1. The monoisotopic (exact) mass is 502 g/mol. The molecule has 0 aliphatic carbocycles. The van der Waals surface area contributed by atoms with Crippen molar-refractivity contribution >= 4 is 29.9 Å². The fraction of sp³-hybridized carbons (Fsp3) is 0.667. The van der Waals surface area contributed by atoms with Crippen LogP contribution in [0.3, 0.4) is 0 Å². The standard InChI is InChI=1S/C21H34N4O2.HI/c1-17-6-4-5-7-20(17)27-18(2)14-23-21(22-3)25-9-8-19(16-25)15-24-10-12-26-13-11-24;/h4-7,18-19H,8-16H2,1-3H3,(H,22,23);1H. The summed E-state index contributed by atoms with van der Waals surface area (Å²) in [6.07, 6.45) is 1.31. The summed E-state index contributed by atoms with van der Waals surface area (Å²) in [6, 6.07) is 8.15. The van der Waals surface area contributed by atoms with E-state index >= 15 is 0 Å². The van der Waals surface area contributed by atoms with E-state index in [1.54, 1.807) is 0 Å². The molecule has 0 aromatic heterocycles. The summed E-state index contributed by atoms with van der Waals surface area (Å²) in [5.74, 6) is 2.65. The van der Waals surface area contributed by atoms with Gasteiger partial charge in [0, 0.05) is 39.8 Å². The Morgan fingerprint density at radius 1 is 1.29 bits per heavy atom. The maximum absolute atomic E-state index is 6.07. The first-order chi connectivity index (χ1) is 13.2. The summed E-state index contributed by atoms with van der Waals surface area (Å²) < 4.78 is 11.5. The first kappa shape index (κ1) is 23.2. The van der Waals surface area contributed by atoms with E-state index in [1.165, 1.54) is 18.5 Å². The largest absolute Gasteiger partial charge is 0.489 e. The van der Waals surface area contributed by atoms with Crippen LogP contribution in [-0.4, -0.2) is 81.4 Å². The minimum Gasteiger partial charge on any atom is -0.489 e. The third kappa shape index (κ3) is 6.77. The van der Waals surface area contributed by atoms with Crippen LogP contribution in [0.25, 0.3) is 0 Å². The molecule has 2 fully saturated rings. The molecule has 2 unspecified atom stereocenters. The Hall–Kier alpha value is -1.06. The normalized spacial score (nSPS) is 21.9. The van der Waals surface area contributed by atoms with Crippen LogP contribution in [0.5, 0.6) is 5.75 Å². The first-order valence-corrected chi connectivity index (χ1v) is 10.1. The number of rotatable bonds is 6. The molecule has 158 valence electrons. The highest BCUT2D eigenvalue weighted by atomic mass is 127. The number of ether oxygens (including phenoxy) is 2. The second kappa shape index (κ2) is 11.8. The zero-order valence-electron chi connectivity index (χ0n) is 17.4. The third-order valence-electron chi connectivity index (χ3n) is 5.39. The van der Waals surface area contributed by atoms with Crippen molar-refractivity contribution < 1.29 is 9.47 Å². The quantitative estimate of drug-likeness (QED) is 0.368. The Morgan fingerprint density at radius 2 is 2.04 bits per heavy atom. The van der Waals surface area contributed by atoms with Crippen LogP contribution < -0.4 is 10.1 Å². The number of morpholine rings is 1. The van der Waals surface area contributed by atoms with Crippen molar-refractivity contribution in [2.24, 2.45) is 10.9 Å². The van der Waals surface area contributed by atoms with Crippen molar-refractivity contribution in [1.29, 1.82) is 0 Å². The number of hydrogen-bond acceptors (Lipinski definition) is 4. The van der Waals surface area contributed by atoms with Gasteiger partial charge in [0.1, 0.15) is 11.9 Å². The van der Waals surface area contributed by atoms with Gasteiger partial charge in [-0.05, 0) is 37.8 Å². The Kier molecular flexibility index (Phi) is 9.81. The minimum absolute atomic E-state index is 0. The highest BCUT2D eigenvalue weighted by molar-refractivity contribution is 14.0. The zero-order chi connectivity index (χ0) is 19.1. The molecular formula is C21H35IN4O2. The van der Waals surface area contributed by atoms with Gasteiger partial charge in [0.15, 0.2) is 5.96 Å². The lowest BCUT2D eigenvalue weighted by atomic mass is 10.1. The smallest absolute Gasteiger partial charge is 0.193 e. The van der Waals surface area contributed by atoms with Crippen LogP contribution in [0.1, 0.15) is 18.9 Å². The van der Waals surface area contributed by atoms with E-state index in [-0.39, 0.29) is 30.1 Å². The molecule has 28 heavy (non-hydrogen) atoms. The average Bonchev–Trinajstić information content (AvgIpc) is 3.13. The fourth-order valence-electron chi connectivity index (χ4n) is 3.84. The van der Waals surface area contributed by atoms with Crippen LogP contribution >= 0.6 is 24.0 Å². The molecule has 3 rings (SSSR count). The number of nitrogens with one attached hydrogen (secondary N) is 1. The highest BCUT2D eigenvalue weighted by Gasteiger charge is 2.27. The second-order valence-electron chi connectivity index (χ2n) is 7.64. The van der Waals surface area contributed by atoms with Crippen molar-refractivity contribution in [2.75, 3.05) is 59.5 Å². The van der Waals surface area contributed by atoms with Gasteiger partial charge in [-0.3, -0.25) is 9.89 Å². The lowest BCUT2D eigenvalue weighted by Gasteiger charge is -2.29. The topological polar surface area (TPSA) is 49.3 Å². The van der Waals surface area contributed by atoms with Gasteiger partial charge in [-0.25, -0.2) is 0 Å². The number of para-hydroxylation sites is 1. The molecule has 0 radical (unpaired) electrons. The van der Waals surface area contributed by atoms with Gasteiger partial charge < -0.3 is 19.7 Å². The number of benzene rings is 1. The van der Waals surface area contributed by atoms with Gasteiger partial charge in [0.2, 0.25) is 0 Å². The minimum atomic E-state index is 0. The highest BCUT2D eigenvalue weighted by Crippen LogP contribution is 2.19. The molecule has 0 spiro atoms. The third-order valence-corrected chi connectivity index (χ3v) is 5.39. The molecule has 6 nitrogen and oxygen atoms in total. The van der Waals surface area contributed by atoms with E-state index in [1.807, 2.05) is 25.2 Å². The van der Waals surface area contributed by atoms with Gasteiger partial charge in [-0.15, -0.1) is 24.0 Å². The Morgan fingerprint density at radius 3 is 2.75 bits per heavy atom. The molecule has 2 atom stereocenters. The molecule has 1 N–H and O–H groups in total. The molecule has 0 amide bonds. The number of halogens is 1. The summed E-state index contributed by atoms with van der Waals surface area (Å²) in [4.78, 5) is 9.40. The van der Waals surface area contributed by atoms with Crippen molar-refractivity contribution in [1.82, 2.24) is 15.1 Å². The van der Waals surface area contributed by atoms with E-state index in [4.69, 9.17) is 9.47 Å². The van der Waals surface area contributed by atoms with Gasteiger partial charge in [0.25, 0.3) is 0 Å². The molecule has 7 heteroatoms. The van der Waals surface area contributed by atoms with Crippen LogP contribution in [0.15, 0.2) is 29.3 Å². The lowest BCUT2D eigenvalue weighted by molar-refractivity contribution is 0.0315. The Balaban J connectivity index is 0.00000280. The number of hydrogen-bond donors (Lipinski definition) is 1. The number of guanidine groups is 1. The van der Waals surface area contributed by atoms with E-state index in [0.717, 1.165) is 57.6 Å². The van der Waals surface area contributed by atoms with Crippen LogP contribution in [0.2, 0.25) is 0 Å². The van der Waals surface area contributed by atoms with Crippen LogP contribution in [0.4, 0.5) is 0 Å². The predicted octanol–water partition coefficient (Wildman–Crippen LogP) is 2.61. The maximum atomic E-state index is 6.07. The van der Waals surface area contributed by atoms with Gasteiger partial charge >= 0.3 is 0 Å². The maximum Gasteiger partial charge on any atom is 0.193 e. The molecule has 2 heterocycles. The van der Waals surface area contributed by atoms with Crippen molar-refractivity contribution in [2.45, 2.75) is 26.4 Å². The molecule has 2 saturated heterocycles. The Labute approximate surface area is 186 Å². The van der Waals surface area contributed by atoms with Gasteiger partial charge in [-0.1, -0.05) is 18.2 Å². The number of nitrogens with zero attached hydrogens (tertiary/aromatic N) is 3.